The standard InChI is InChI=1S/C10H19NO3/c1-9(2,3)10(4)7-8(13)11(14-10)5-6-12/h12H,5-7H2,1-4H3. The molecule has 1 unspecified atom stereocenters. The van der Waals surface area contributed by atoms with Gasteiger partial charge in [-0.25, -0.2) is 5.06 Å². The van der Waals surface area contributed by atoms with E-state index in [9.17, 15) is 4.79 Å². The maximum absolute atomic E-state index is 11.5. The topological polar surface area (TPSA) is 49.8 Å². The van der Waals surface area contributed by atoms with Gasteiger partial charge in [-0.2, -0.15) is 0 Å². The molecule has 0 radical (unpaired) electrons. The smallest absolute Gasteiger partial charge is 0.249 e. The van der Waals surface area contributed by atoms with Crippen LogP contribution in [0.4, 0.5) is 0 Å². The van der Waals surface area contributed by atoms with Gasteiger partial charge in [-0.05, 0) is 12.3 Å². The average molecular weight is 201 g/mol. The summed E-state index contributed by atoms with van der Waals surface area (Å²) in [4.78, 5) is 17.1. The normalized spacial score (nSPS) is 28.6. The van der Waals surface area contributed by atoms with Crippen LogP contribution in [0.3, 0.4) is 0 Å². The van der Waals surface area contributed by atoms with Crippen molar-refractivity contribution < 1.29 is 14.7 Å². The van der Waals surface area contributed by atoms with E-state index in [1.165, 1.54) is 5.06 Å². The zero-order chi connectivity index (χ0) is 11.0. The van der Waals surface area contributed by atoms with E-state index in [0.29, 0.717) is 6.42 Å². The number of hydrogen-bond donors (Lipinski definition) is 1. The molecule has 0 saturated carbocycles. The first-order valence-corrected chi connectivity index (χ1v) is 4.90. The summed E-state index contributed by atoms with van der Waals surface area (Å²) >= 11 is 0. The van der Waals surface area contributed by atoms with Gasteiger partial charge in [0.2, 0.25) is 5.91 Å². The van der Waals surface area contributed by atoms with E-state index in [1.54, 1.807) is 0 Å². The third kappa shape index (κ3) is 1.91. The highest BCUT2D eigenvalue weighted by Gasteiger charge is 2.48. The SMILES string of the molecule is CC(C)(C)C1(C)CC(=O)N(CCO)O1. The molecule has 82 valence electrons. The first-order chi connectivity index (χ1) is 6.30. The van der Waals surface area contributed by atoms with Crippen LogP contribution in [0.15, 0.2) is 0 Å². The second kappa shape index (κ2) is 3.51. The highest BCUT2D eigenvalue weighted by molar-refractivity contribution is 5.78. The number of amides is 1. The van der Waals surface area contributed by atoms with E-state index >= 15 is 0 Å². The minimum absolute atomic E-state index is 0.0449. The number of hydrogen-bond acceptors (Lipinski definition) is 3. The zero-order valence-corrected chi connectivity index (χ0v) is 9.33. The summed E-state index contributed by atoms with van der Waals surface area (Å²) in [6.45, 7) is 8.26. The molecule has 1 N–H and O–H groups in total. The van der Waals surface area contributed by atoms with Crippen LogP contribution in [0.1, 0.15) is 34.1 Å². The van der Waals surface area contributed by atoms with Crippen molar-refractivity contribution in [1.82, 2.24) is 5.06 Å². The van der Waals surface area contributed by atoms with E-state index in [4.69, 9.17) is 9.94 Å². The molecule has 1 aliphatic rings. The minimum atomic E-state index is -0.459. The van der Waals surface area contributed by atoms with Crippen LogP contribution < -0.4 is 0 Å². The Hall–Kier alpha value is -0.610. The van der Waals surface area contributed by atoms with E-state index in [-0.39, 0.29) is 24.5 Å². The summed E-state index contributed by atoms with van der Waals surface area (Å²) in [5, 5.41) is 10.0. The van der Waals surface area contributed by atoms with E-state index < -0.39 is 5.60 Å². The Bertz CT molecular complexity index is 234. The fourth-order valence-corrected chi connectivity index (χ4v) is 1.37. The van der Waals surface area contributed by atoms with Gasteiger partial charge in [0.05, 0.1) is 19.6 Å². The lowest BCUT2D eigenvalue weighted by Gasteiger charge is -2.36. The molecule has 0 aromatic heterocycles. The van der Waals surface area contributed by atoms with Gasteiger partial charge in [0.1, 0.15) is 5.60 Å². The maximum atomic E-state index is 11.5. The Morgan fingerprint density at radius 2 is 2.14 bits per heavy atom. The second-order valence-corrected chi connectivity index (χ2v) is 4.97. The number of aliphatic hydroxyl groups is 1. The van der Waals surface area contributed by atoms with Gasteiger partial charge in [-0.3, -0.25) is 9.63 Å². The van der Waals surface area contributed by atoms with Crippen LogP contribution in [0.25, 0.3) is 0 Å². The Morgan fingerprint density at radius 3 is 2.50 bits per heavy atom. The van der Waals surface area contributed by atoms with E-state index in [2.05, 4.69) is 0 Å². The third-order valence-electron chi connectivity index (χ3n) is 2.97. The molecule has 1 atom stereocenters. The molecule has 1 saturated heterocycles. The quantitative estimate of drug-likeness (QED) is 0.723. The monoisotopic (exact) mass is 201 g/mol. The zero-order valence-electron chi connectivity index (χ0n) is 9.33. The number of β-amino-alcohol motifs (C(OH)–C–C–N with tert-alkyl or cyclic N) is 1. The Labute approximate surface area is 84.8 Å². The molecule has 1 heterocycles. The van der Waals surface area contributed by atoms with Gasteiger partial charge in [-0.1, -0.05) is 20.8 Å². The van der Waals surface area contributed by atoms with Crippen LogP contribution in [0.5, 0.6) is 0 Å². The molecular weight excluding hydrogens is 182 g/mol. The van der Waals surface area contributed by atoms with Crippen molar-refractivity contribution in [2.75, 3.05) is 13.2 Å². The van der Waals surface area contributed by atoms with Crippen LogP contribution in [0, 0.1) is 5.41 Å². The molecular formula is C10H19NO3. The molecule has 1 aliphatic heterocycles. The lowest BCUT2D eigenvalue weighted by atomic mass is 9.76. The summed E-state index contributed by atoms with van der Waals surface area (Å²) in [7, 11) is 0. The summed E-state index contributed by atoms with van der Waals surface area (Å²) in [5.41, 5.74) is -0.549. The summed E-state index contributed by atoms with van der Waals surface area (Å²) < 4.78 is 0. The van der Waals surface area contributed by atoms with Crippen molar-refractivity contribution in [3.05, 3.63) is 0 Å². The van der Waals surface area contributed by atoms with E-state index in [0.717, 1.165) is 0 Å². The molecule has 0 bridgehead atoms. The Morgan fingerprint density at radius 1 is 1.57 bits per heavy atom. The minimum Gasteiger partial charge on any atom is -0.394 e. The highest BCUT2D eigenvalue weighted by atomic mass is 16.7. The first-order valence-electron chi connectivity index (χ1n) is 4.90. The van der Waals surface area contributed by atoms with Gasteiger partial charge < -0.3 is 5.11 Å². The molecule has 0 aromatic carbocycles. The lowest BCUT2D eigenvalue weighted by molar-refractivity contribution is -0.222. The van der Waals surface area contributed by atoms with Crippen molar-refractivity contribution >= 4 is 5.91 Å². The first kappa shape index (κ1) is 11.5. The molecule has 4 heteroatoms. The van der Waals surface area contributed by atoms with Crippen molar-refractivity contribution in [2.45, 2.75) is 39.7 Å². The van der Waals surface area contributed by atoms with Crippen LogP contribution in [-0.2, 0) is 9.63 Å². The average Bonchev–Trinajstić information content (AvgIpc) is 2.27. The van der Waals surface area contributed by atoms with Crippen molar-refractivity contribution in [3.63, 3.8) is 0 Å². The second-order valence-electron chi connectivity index (χ2n) is 4.97. The third-order valence-corrected chi connectivity index (χ3v) is 2.97. The molecule has 1 fully saturated rings. The highest BCUT2D eigenvalue weighted by Crippen LogP contribution is 2.41. The van der Waals surface area contributed by atoms with Gasteiger partial charge in [0.15, 0.2) is 0 Å². The van der Waals surface area contributed by atoms with Gasteiger partial charge in [-0.15, -0.1) is 0 Å². The van der Waals surface area contributed by atoms with Gasteiger partial charge >= 0.3 is 0 Å². The molecule has 1 rings (SSSR count). The van der Waals surface area contributed by atoms with Gasteiger partial charge in [0.25, 0.3) is 0 Å². The van der Waals surface area contributed by atoms with Crippen LogP contribution >= 0.6 is 0 Å². The largest absolute Gasteiger partial charge is 0.394 e. The fraction of sp³-hybridized carbons (Fsp3) is 0.900. The van der Waals surface area contributed by atoms with Crippen molar-refractivity contribution in [3.8, 4) is 0 Å². The predicted molar refractivity (Wildman–Crippen MR) is 52.4 cm³/mol. The number of nitrogens with zero attached hydrogens (tertiary/aromatic N) is 1. The van der Waals surface area contributed by atoms with Crippen molar-refractivity contribution in [1.29, 1.82) is 0 Å². The Kier molecular flexibility index (Phi) is 2.88. The number of carbonyl (C=O) groups is 1. The number of carbonyl (C=O) groups excluding carboxylic acids is 1. The molecule has 0 spiro atoms. The van der Waals surface area contributed by atoms with E-state index in [1.807, 2.05) is 27.7 Å². The lowest BCUT2D eigenvalue weighted by Crippen LogP contribution is -2.40. The maximum Gasteiger partial charge on any atom is 0.249 e. The number of aliphatic hydroxyl groups excluding tert-OH is 1. The number of hydroxylamine groups is 2. The molecule has 14 heavy (non-hydrogen) atoms. The summed E-state index contributed by atoms with van der Waals surface area (Å²) in [5.74, 6) is -0.0449. The van der Waals surface area contributed by atoms with Crippen LogP contribution in [-0.4, -0.2) is 34.8 Å². The molecule has 0 aromatic rings. The summed E-state index contributed by atoms with van der Waals surface area (Å²) in [6.07, 6.45) is 0.385. The van der Waals surface area contributed by atoms with Crippen LogP contribution in [0.2, 0.25) is 0 Å². The summed E-state index contributed by atoms with van der Waals surface area (Å²) in [6, 6.07) is 0. The number of rotatable bonds is 2. The fourth-order valence-electron chi connectivity index (χ4n) is 1.37. The molecule has 1 amide bonds. The van der Waals surface area contributed by atoms with Gasteiger partial charge in [0, 0.05) is 0 Å². The predicted octanol–water partition coefficient (Wildman–Crippen LogP) is 0.947. The molecule has 0 aliphatic carbocycles. The Balaban J connectivity index is 2.75. The molecule has 4 nitrogen and oxygen atoms in total. The van der Waals surface area contributed by atoms with Crippen molar-refractivity contribution in [2.24, 2.45) is 5.41 Å².